The van der Waals surface area contributed by atoms with Crippen LogP contribution in [0.25, 0.3) is 0 Å². The molecule has 1 aromatic carbocycles. The highest BCUT2D eigenvalue weighted by Crippen LogP contribution is 2.14. The molecule has 0 aliphatic carbocycles. The van der Waals surface area contributed by atoms with E-state index in [9.17, 15) is 0 Å². The highest BCUT2D eigenvalue weighted by Gasteiger charge is 2.12. The second-order valence-corrected chi connectivity index (χ2v) is 5.78. The Hall–Kier alpha value is -1.84. The third kappa shape index (κ3) is 3.63. The third-order valence-electron chi connectivity index (χ3n) is 4.01. The quantitative estimate of drug-likeness (QED) is 0.912. The molecule has 1 aliphatic heterocycles. The summed E-state index contributed by atoms with van der Waals surface area (Å²) >= 11 is 0. The molecule has 4 nitrogen and oxygen atoms in total. The molecule has 0 bridgehead atoms. The van der Waals surface area contributed by atoms with E-state index >= 15 is 0 Å². The second kappa shape index (κ2) is 6.74. The molecule has 0 saturated carbocycles. The van der Waals surface area contributed by atoms with Gasteiger partial charge in [-0.3, -0.25) is 0 Å². The molecule has 3 rings (SSSR count). The van der Waals surface area contributed by atoms with Crippen LogP contribution in [0.3, 0.4) is 0 Å². The standard InChI is InChI=1S/C17H24N4/c1-2-6-14-8-10-15(11-9-14)18-13-16-19-17-7-4-3-5-12-21(17)20-16/h8-11,18H,2-7,12-13H2,1H3. The maximum Gasteiger partial charge on any atom is 0.169 e. The number of fused-ring (bicyclic) bond motifs is 1. The van der Waals surface area contributed by atoms with Gasteiger partial charge in [0.1, 0.15) is 5.82 Å². The summed E-state index contributed by atoms with van der Waals surface area (Å²) < 4.78 is 2.09. The van der Waals surface area contributed by atoms with Gasteiger partial charge in [-0.25, -0.2) is 9.67 Å². The predicted octanol–water partition coefficient (Wildman–Crippen LogP) is 3.57. The maximum absolute atomic E-state index is 4.66. The van der Waals surface area contributed by atoms with Gasteiger partial charge in [0.2, 0.25) is 0 Å². The first-order valence-electron chi connectivity index (χ1n) is 8.10. The summed E-state index contributed by atoms with van der Waals surface area (Å²) in [7, 11) is 0. The number of aromatic nitrogens is 3. The van der Waals surface area contributed by atoms with E-state index in [4.69, 9.17) is 0 Å². The van der Waals surface area contributed by atoms with Crippen LogP contribution in [-0.4, -0.2) is 14.8 Å². The molecule has 2 aromatic rings. The van der Waals surface area contributed by atoms with Crippen LogP contribution in [0, 0.1) is 0 Å². The van der Waals surface area contributed by atoms with Gasteiger partial charge in [-0.1, -0.05) is 31.9 Å². The lowest BCUT2D eigenvalue weighted by molar-refractivity contribution is 0.570. The van der Waals surface area contributed by atoms with Crippen LogP contribution in [-0.2, 0) is 25.9 Å². The van der Waals surface area contributed by atoms with E-state index in [1.165, 1.54) is 31.2 Å². The fourth-order valence-corrected chi connectivity index (χ4v) is 2.85. The third-order valence-corrected chi connectivity index (χ3v) is 4.01. The van der Waals surface area contributed by atoms with Crippen LogP contribution in [0.5, 0.6) is 0 Å². The molecule has 1 aliphatic rings. The largest absolute Gasteiger partial charge is 0.378 e. The summed E-state index contributed by atoms with van der Waals surface area (Å²) in [5, 5.41) is 8.03. The molecule has 4 heteroatoms. The van der Waals surface area contributed by atoms with E-state index < -0.39 is 0 Å². The molecular weight excluding hydrogens is 260 g/mol. The summed E-state index contributed by atoms with van der Waals surface area (Å²) in [6.07, 6.45) is 7.17. The van der Waals surface area contributed by atoms with E-state index in [0.29, 0.717) is 6.54 Å². The summed E-state index contributed by atoms with van der Waals surface area (Å²) in [6, 6.07) is 8.68. The molecular formula is C17H24N4. The van der Waals surface area contributed by atoms with E-state index in [2.05, 4.69) is 51.3 Å². The van der Waals surface area contributed by atoms with Crippen molar-refractivity contribution >= 4 is 5.69 Å². The first-order valence-corrected chi connectivity index (χ1v) is 8.10. The van der Waals surface area contributed by atoms with E-state index in [-0.39, 0.29) is 0 Å². The second-order valence-electron chi connectivity index (χ2n) is 5.78. The van der Waals surface area contributed by atoms with Crippen molar-refractivity contribution in [2.75, 3.05) is 5.32 Å². The number of nitrogens with zero attached hydrogens (tertiary/aromatic N) is 3. The molecule has 0 atom stereocenters. The van der Waals surface area contributed by atoms with E-state index in [0.717, 1.165) is 36.7 Å². The SMILES string of the molecule is CCCc1ccc(NCc2nc3n(n2)CCCCC3)cc1. The van der Waals surface area contributed by atoms with Gasteiger partial charge >= 0.3 is 0 Å². The number of nitrogens with one attached hydrogen (secondary N) is 1. The van der Waals surface area contributed by atoms with Gasteiger partial charge in [-0.15, -0.1) is 0 Å². The number of anilines is 1. The topological polar surface area (TPSA) is 42.7 Å². The van der Waals surface area contributed by atoms with Crippen LogP contribution >= 0.6 is 0 Å². The maximum atomic E-state index is 4.66. The van der Waals surface area contributed by atoms with Crippen molar-refractivity contribution in [3.63, 3.8) is 0 Å². The van der Waals surface area contributed by atoms with Crippen LogP contribution in [0.2, 0.25) is 0 Å². The van der Waals surface area contributed by atoms with Gasteiger partial charge < -0.3 is 5.32 Å². The minimum atomic E-state index is 0.702. The van der Waals surface area contributed by atoms with Crippen LogP contribution in [0.15, 0.2) is 24.3 Å². The summed E-state index contributed by atoms with van der Waals surface area (Å²) in [6.45, 7) is 3.93. The average Bonchev–Trinajstić information content (AvgIpc) is 2.76. The number of benzene rings is 1. The molecule has 0 spiro atoms. The smallest absolute Gasteiger partial charge is 0.169 e. The summed E-state index contributed by atoms with van der Waals surface area (Å²) in [5.41, 5.74) is 2.54. The van der Waals surface area contributed by atoms with Crippen molar-refractivity contribution in [2.24, 2.45) is 0 Å². The lowest BCUT2D eigenvalue weighted by Gasteiger charge is -2.05. The molecule has 0 fully saturated rings. The zero-order chi connectivity index (χ0) is 14.5. The molecule has 0 unspecified atom stereocenters. The Bertz CT molecular complexity index is 547. The monoisotopic (exact) mass is 284 g/mol. The summed E-state index contributed by atoms with van der Waals surface area (Å²) in [5.74, 6) is 2.06. The normalized spacial score (nSPS) is 14.5. The zero-order valence-corrected chi connectivity index (χ0v) is 12.8. The van der Waals surface area contributed by atoms with Crippen molar-refractivity contribution in [3.8, 4) is 0 Å². The van der Waals surface area contributed by atoms with E-state index in [1.807, 2.05) is 0 Å². The molecule has 21 heavy (non-hydrogen) atoms. The van der Waals surface area contributed by atoms with Gasteiger partial charge in [0.25, 0.3) is 0 Å². The minimum Gasteiger partial charge on any atom is -0.378 e. The lowest BCUT2D eigenvalue weighted by atomic mass is 10.1. The van der Waals surface area contributed by atoms with Crippen LogP contribution in [0.4, 0.5) is 5.69 Å². The lowest BCUT2D eigenvalue weighted by Crippen LogP contribution is -2.04. The number of aryl methyl sites for hydroxylation is 3. The molecule has 112 valence electrons. The highest BCUT2D eigenvalue weighted by atomic mass is 15.4. The summed E-state index contributed by atoms with van der Waals surface area (Å²) in [4.78, 5) is 4.66. The van der Waals surface area contributed by atoms with Crippen molar-refractivity contribution in [3.05, 3.63) is 41.5 Å². The minimum absolute atomic E-state index is 0.702. The number of hydrogen-bond acceptors (Lipinski definition) is 3. The Kier molecular flexibility index (Phi) is 4.53. The predicted molar refractivity (Wildman–Crippen MR) is 85.3 cm³/mol. The van der Waals surface area contributed by atoms with Crippen molar-refractivity contribution in [1.82, 2.24) is 14.8 Å². The molecule has 0 saturated heterocycles. The van der Waals surface area contributed by atoms with Gasteiger partial charge in [0, 0.05) is 18.7 Å². The Labute approximate surface area is 126 Å². The molecule has 2 heterocycles. The molecule has 0 amide bonds. The molecule has 1 N–H and O–H groups in total. The number of rotatable bonds is 5. The van der Waals surface area contributed by atoms with Gasteiger partial charge in [-0.2, -0.15) is 5.10 Å². The first-order chi connectivity index (χ1) is 10.3. The Balaban J connectivity index is 1.59. The van der Waals surface area contributed by atoms with Crippen molar-refractivity contribution in [1.29, 1.82) is 0 Å². The first kappa shape index (κ1) is 14.1. The average molecular weight is 284 g/mol. The van der Waals surface area contributed by atoms with Gasteiger partial charge in [0.15, 0.2) is 5.82 Å². The zero-order valence-electron chi connectivity index (χ0n) is 12.8. The highest BCUT2D eigenvalue weighted by molar-refractivity contribution is 5.44. The van der Waals surface area contributed by atoms with Crippen LogP contribution < -0.4 is 5.32 Å². The molecule has 0 radical (unpaired) electrons. The van der Waals surface area contributed by atoms with Crippen LogP contribution in [0.1, 0.15) is 49.8 Å². The van der Waals surface area contributed by atoms with Crippen molar-refractivity contribution in [2.45, 2.75) is 58.5 Å². The Morgan fingerprint density at radius 3 is 2.81 bits per heavy atom. The molecule has 1 aromatic heterocycles. The Morgan fingerprint density at radius 2 is 2.00 bits per heavy atom. The van der Waals surface area contributed by atoms with Crippen molar-refractivity contribution < 1.29 is 0 Å². The van der Waals surface area contributed by atoms with Gasteiger partial charge in [0.05, 0.1) is 6.54 Å². The van der Waals surface area contributed by atoms with Gasteiger partial charge in [-0.05, 0) is 37.0 Å². The Morgan fingerprint density at radius 1 is 1.14 bits per heavy atom. The fourth-order valence-electron chi connectivity index (χ4n) is 2.85. The number of hydrogen-bond donors (Lipinski definition) is 1. The fraction of sp³-hybridized carbons (Fsp3) is 0.529. The van der Waals surface area contributed by atoms with E-state index in [1.54, 1.807) is 0 Å².